The van der Waals surface area contributed by atoms with Crippen LogP contribution in [0.1, 0.15) is 198 Å². The van der Waals surface area contributed by atoms with Crippen LogP contribution in [-0.2, 0) is 28.4 Å². The van der Waals surface area contributed by atoms with Crippen molar-refractivity contribution in [3.8, 4) is 0 Å². The Morgan fingerprint density at radius 1 is 0.509 bits per heavy atom. The SMILES string of the molecule is CC(C)CCCC(C)CCCC(C)CCCC(C)CC(=O)OC[C@H](COC(C(O)CO)P(=O)(O)O)OC(=O)CC(C)CCCC(C)CCCC(C)CCCC(C)C. The second-order valence-corrected chi connectivity index (χ2v) is 21.0. The summed E-state index contributed by atoms with van der Waals surface area (Å²) < 4.78 is 28.4. The summed E-state index contributed by atoms with van der Waals surface area (Å²) in [5, 5.41) is 19.3. The van der Waals surface area contributed by atoms with Crippen molar-refractivity contribution in [1.29, 1.82) is 0 Å². The van der Waals surface area contributed by atoms with E-state index in [0.29, 0.717) is 11.8 Å². The van der Waals surface area contributed by atoms with Crippen molar-refractivity contribution in [2.45, 2.75) is 216 Å². The molecule has 0 fully saturated rings. The number of aliphatic hydroxyl groups excluding tert-OH is 2. The smallest absolute Gasteiger partial charge is 0.356 e. The Morgan fingerprint density at radius 3 is 1.18 bits per heavy atom. The van der Waals surface area contributed by atoms with Crippen LogP contribution in [0, 0.1) is 47.3 Å². The van der Waals surface area contributed by atoms with E-state index in [1.807, 2.05) is 13.8 Å². The van der Waals surface area contributed by atoms with Crippen LogP contribution < -0.4 is 0 Å². The highest BCUT2D eigenvalue weighted by atomic mass is 31.2. The predicted octanol–water partition coefficient (Wildman–Crippen LogP) is 11.2. The Hall–Kier alpha value is -1.03. The molecule has 4 N–H and O–H groups in total. The fraction of sp³-hybridized carbons (Fsp3) is 0.957. The molecule has 0 spiro atoms. The predicted molar refractivity (Wildman–Crippen MR) is 233 cm³/mol. The molecule has 0 amide bonds. The van der Waals surface area contributed by atoms with Crippen LogP contribution in [0.4, 0.5) is 0 Å². The average molecular weight is 835 g/mol. The Kier molecular flexibility index (Phi) is 32.1. The normalized spacial score (nSPS) is 17.1. The molecule has 0 radical (unpaired) electrons. The van der Waals surface area contributed by atoms with Gasteiger partial charge in [0.1, 0.15) is 12.7 Å². The molecule has 0 heterocycles. The van der Waals surface area contributed by atoms with Gasteiger partial charge in [0.05, 0.1) is 13.2 Å². The van der Waals surface area contributed by atoms with E-state index in [4.69, 9.17) is 14.2 Å². The second-order valence-electron chi connectivity index (χ2n) is 19.3. The van der Waals surface area contributed by atoms with Gasteiger partial charge in [-0.3, -0.25) is 14.2 Å². The second kappa shape index (κ2) is 32.7. The van der Waals surface area contributed by atoms with Crippen molar-refractivity contribution >= 4 is 19.5 Å². The van der Waals surface area contributed by atoms with Crippen molar-refractivity contribution < 1.29 is 48.4 Å². The quantitative estimate of drug-likeness (QED) is 0.0350. The lowest BCUT2D eigenvalue weighted by Gasteiger charge is -2.26. The summed E-state index contributed by atoms with van der Waals surface area (Å²) in [6, 6.07) is 0. The molecule has 10 nitrogen and oxygen atoms in total. The largest absolute Gasteiger partial charge is 0.462 e. The topological polar surface area (TPSA) is 160 Å². The first kappa shape index (κ1) is 56.0. The molecule has 57 heavy (non-hydrogen) atoms. The van der Waals surface area contributed by atoms with Gasteiger partial charge >= 0.3 is 19.5 Å². The van der Waals surface area contributed by atoms with E-state index in [2.05, 4.69) is 55.4 Å². The van der Waals surface area contributed by atoms with Crippen molar-refractivity contribution in [1.82, 2.24) is 0 Å². The Labute approximate surface area is 349 Å². The third kappa shape index (κ3) is 32.4. The van der Waals surface area contributed by atoms with Crippen LogP contribution in [-0.4, -0.2) is 69.8 Å². The molecule has 0 saturated carbocycles. The summed E-state index contributed by atoms with van der Waals surface area (Å²) in [6.45, 7) is 20.7. The third-order valence-electron chi connectivity index (χ3n) is 11.6. The highest BCUT2D eigenvalue weighted by Gasteiger charge is 2.37. The molecule has 0 rings (SSSR count). The first-order valence-corrected chi connectivity index (χ1v) is 24.7. The van der Waals surface area contributed by atoms with E-state index >= 15 is 0 Å². The van der Waals surface area contributed by atoms with Gasteiger partial charge in [0.25, 0.3) is 0 Å². The number of rotatable bonds is 37. The molecule has 8 unspecified atom stereocenters. The van der Waals surface area contributed by atoms with Crippen LogP contribution in [0.2, 0.25) is 0 Å². The number of aliphatic hydroxyl groups is 2. The van der Waals surface area contributed by atoms with E-state index in [1.165, 1.54) is 77.0 Å². The molecular weight excluding hydrogens is 743 g/mol. The number of carbonyl (C=O) groups is 2. The Morgan fingerprint density at radius 2 is 0.842 bits per heavy atom. The minimum absolute atomic E-state index is 0.0561. The molecule has 0 aromatic heterocycles. The molecule has 0 aliphatic heterocycles. The van der Waals surface area contributed by atoms with Gasteiger partial charge in [-0.25, -0.2) is 0 Å². The molecule has 340 valence electrons. The van der Waals surface area contributed by atoms with Crippen LogP contribution in [0.5, 0.6) is 0 Å². The lowest BCUT2D eigenvalue weighted by molar-refractivity contribution is -0.165. The fourth-order valence-corrected chi connectivity index (χ4v) is 8.50. The fourth-order valence-electron chi connectivity index (χ4n) is 7.68. The van der Waals surface area contributed by atoms with E-state index in [1.54, 1.807) is 0 Å². The van der Waals surface area contributed by atoms with Gasteiger partial charge in [0.2, 0.25) is 0 Å². The van der Waals surface area contributed by atoms with Crippen molar-refractivity contribution in [3.63, 3.8) is 0 Å². The monoisotopic (exact) mass is 835 g/mol. The van der Waals surface area contributed by atoms with Gasteiger partial charge in [0.15, 0.2) is 11.9 Å². The highest BCUT2D eigenvalue weighted by molar-refractivity contribution is 7.52. The maximum atomic E-state index is 13.0. The van der Waals surface area contributed by atoms with Crippen molar-refractivity contribution in [3.05, 3.63) is 0 Å². The molecule has 0 aromatic carbocycles. The number of esters is 2. The minimum atomic E-state index is -4.98. The minimum Gasteiger partial charge on any atom is -0.462 e. The van der Waals surface area contributed by atoms with Gasteiger partial charge in [0, 0.05) is 12.8 Å². The molecule has 11 heteroatoms. The third-order valence-corrected chi connectivity index (χ3v) is 12.7. The van der Waals surface area contributed by atoms with E-state index in [-0.39, 0.29) is 31.3 Å². The van der Waals surface area contributed by atoms with E-state index in [9.17, 15) is 34.2 Å². The van der Waals surface area contributed by atoms with Crippen LogP contribution >= 0.6 is 7.60 Å². The van der Waals surface area contributed by atoms with Gasteiger partial charge in [-0.15, -0.1) is 0 Å². The lowest BCUT2D eigenvalue weighted by Crippen LogP contribution is -2.37. The average Bonchev–Trinajstić information content (AvgIpc) is 3.09. The van der Waals surface area contributed by atoms with Crippen LogP contribution in [0.3, 0.4) is 0 Å². The Balaban J connectivity index is 4.84. The van der Waals surface area contributed by atoms with Crippen LogP contribution in [0.15, 0.2) is 0 Å². The highest BCUT2D eigenvalue weighted by Crippen LogP contribution is 2.43. The molecule has 9 atom stereocenters. The van der Waals surface area contributed by atoms with E-state index in [0.717, 1.165) is 62.2 Å². The summed E-state index contributed by atoms with van der Waals surface area (Å²) in [4.78, 5) is 45.2. The maximum Gasteiger partial charge on any atom is 0.356 e. The maximum absolute atomic E-state index is 13.0. The molecule has 0 aliphatic rings. The first-order valence-electron chi connectivity index (χ1n) is 23.0. The molecule has 0 aromatic rings. The number of ether oxygens (including phenoxy) is 3. The van der Waals surface area contributed by atoms with Gasteiger partial charge < -0.3 is 34.2 Å². The number of hydrogen-bond donors (Lipinski definition) is 4. The first-order chi connectivity index (χ1) is 26.7. The van der Waals surface area contributed by atoms with Crippen molar-refractivity contribution in [2.75, 3.05) is 19.8 Å². The molecule has 0 bridgehead atoms. The zero-order valence-corrected chi connectivity index (χ0v) is 39.2. The zero-order valence-electron chi connectivity index (χ0n) is 38.3. The summed E-state index contributed by atoms with van der Waals surface area (Å²) in [7, 11) is -4.98. The van der Waals surface area contributed by atoms with Gasteiger partial charge in [-0.1, -0.05) is 185 Å². The summed E-state index contributed by atoms with van der Waals surface area (Å²) >= 11 is 0. The summed E-state index contributed by atoms with van der Waals surface area (Å²) in [6.07, 6.45) is 18.7. The molecular formula is C46H91O10P. The number of carbonyl (C=O) groups excluding carboxylic acids is 2. The molecule has 0 saturated heterocycles. The molecule has 0 aliphatic carbocycles. The van der Waals surface area contributed by atoms with Gasteiger partial charge in [-0.05, 0) is 47.3 Å². The van der Waals surface area contributed by atoms with Crippen LogP contribution in [0.25, 0.3) is 0 Å². The summed E-state index contributed by atoms with van der Waals surface area (Å²) in [5.74, 6) is 1.53. The zero-order chi connectivity index (χ0) is 43.4. The van der Waals surface area contributed by atoms with E-state index < -0.39 is 50.8 Å². The standard InChI is InChI=1S/C46H91O10P/c1-34(2)17-11-19-36(5)21-13-23-38(7)25-15-27-40(9)29-44(49)54-32-42(33-55-46(43(48)31-47)57(51,52)53)56-45(50)30-41(10)28-16-26-39(8)24-14-22-37(6)20-12-18-35(3)4/h34-43,46-48H,11-33H2,1-10H3,(H2,51,52,53)/t36?,37?,38?,39?,40?,41?,42-,43?,46?/m1/s1. The number of hydrogen-bond acceptors (Lipinski definition) is 8. The Bertz CT molecular complexity index is 1050. The van der Waals surface area contributed by atoms with Crippen molar-refractivity contribution in [2.24, 2.45) is 47.3 Å². The van der Waals surface area contributed by atoms with Gasteiger partial charge in [-0.2, -0.15) is 0 Å². The summed E-state index contributed by atoms with van der Waals surface area (Å²) in [5.41, 5.74) is 0. The lowest BCUT2D eigenvalue weighted by atomic mass is 9.91.